The fourth-order valence-corrected chi connectivity index (χ4v) is 0.620. The average molecular weight is 248 g/mol. The van der Waals surface area contributed by atoms with E-state index in [2.05, 4.69) is 30.6 Å². The number of halogens is 1. The number of nitrogens with two attached hydrogens (primary N) is 1. The molecule has 0 saturated carbocycles. The van der Waals surface area contributed by atoms with Crippen molar-refractivity contribution in [2.24, 2.45) is 0 Å². The molecule has 72 valence electrons. The summed E-state index contributed by atoms with van der Waals surface area (Å²) >= 11 is 3.10. The van der Waals surface area contributed by atoms with Gasteiger partial charge in [-0.05, 0) is 22.9 Å². The minimum atomic E-state index is 0.424. The first kappa shape index (κ1) is 11.8. The monoisotopic (exact) mass is 247 g/mol. The summed E-state index contributed by atoms with van der Waals surface area (Å²) in [5.74, 6) is 0.424. The van der Waals surface area contributed by atoms with E-state index in [1.165, 1.54) is 0 Å². The summed E-state index contributed by atoms with van der Waals surface area (Å²) in [5, 5.41) is 0. The summed E-state index contributed by atoms with van der Waals surface area (Å²) in [6.45, 7) is 2.66. The number of hydrogen-bond donors (Lipinski definition) is 1. The van der Waals surface area contributed by atoms with Gasteiger partial charge in [0.05, 0.1) is 6.61 Å². The van der Waals surface area contributed by atoms with E-state index < -0.39 is 0 Å². The van der Waals surface area contributed by atoms with Gasteiger partial charge < -0.3 is 10.5 Å². The number of rotatable bonds is 2. The largest absolute Gasteiger partial charge is 0.468 e. The third-order valence-electron chi connectivity index (χ3n) is 0.914. The topological polar surface area (TPSA) is 78.1 Å². The molecule has 13 heavy (non-hydrogen) atoms. The number of ether oxygens (including phenoxy) is 1. The van der Waals surface area contributed by atoms with Gasteiger partial charge in [-0.15, -0.1) is 0 Å². The average Bonchev–Trinajstić information content (AvgIpc) is 2.13. The SMILES string of the molecule is CCOC=O.Nc1nccnc1Br. The zero-order valence-corrected chi connectivity index (χ0v) is 8.69. The maximum Gasteiger partial charge on any atom is 0.293 e. The van der Waals surface area contributed by atoms with Crippen LogP contribution in [0.2, 0.25) is 0 Å². The van der Waals surface area contributed by atoms with Gasteiger partial charge in [-0.25, -0.2) is 9.97 Å². The smallest absolute Gasteiger partial charge is 0.293 e. The summed E-state index contributed by atoms with van der Waals surface area (Å²) in [7, 11) is 0. The van der Waals surface area contributed by atoms with Crippen LogP contribution in [0.4, 0.5) is 5.82 Å². The molecule has 0 aliphatic rings. The van der Waals surface area contributed by atoms with Crippen LogP contribution in [0, 0.1) is 0 Å². The second-order valence-electron chi connectivity index (χ2n) is 1.78. The van der Waals surface area contributed by atoms with Crippen molar-refractivity contribution in [2.45, 2.75) is 6.92 Å². The Morgan fingerprint density at radius 3 is 2.46 bits per heavy atom. The molecule has 0 aromatic carbocycles. The molecular weight excluding hydrogens is 238 g/mol. The van der Waals surface area contributed by atoms with Gasteiger partial charge in [0.2, 0.25) is 0 Å². The summed E-state index contributed by atoms with van der Waals surface area (Å²) in [5.41, 5.74) is 5.30. The van der Waals surface area contributed by atoms with Crippen molar-refractivity contribution >= 4 is 28.2 Å². The second-order valence-corrected chi connectivity index (χ2v) is 2.54. The van der Waals surface area contributed by atoms with Gasteiger partial charge in [0, 0.05) is 12.4 Å². The quantitative estimate of drug-likeness (QED) is 0.790. The Balaban J connectivity index is 0.000000252. The first-order valence-corrected chi connectivity index (χ1v) is 4.28. The van der Waals surface area contributed by atoms with Crippen molar-refractivity contribution < 1.29 is 9.53 Å². The highest BCUT2D eigenvalue weighted by Gasteiger charge is 1.90. The molecule has 0 bridgehead atoms. The zero-order chi connectivity index (χ0) is 10.1. The highest BCUT2D eigenvalue weighted by Crippen LogP contribution is 2.09. The van der Waals surface area contributed by atoms with Crippen LogP contribution >= 0.6 is 15.9 Å². The molecule has 1 heterocycles. The number of carbonyl (C=O) groups excluding carboxylic acids is 1. The molecule has 5 nitrogen and oxygen atoms in total. The van der Waals surface area contributed by atoms with Gasteiger partial charge in [-0.2, -0.15) is 0 Å². The predicted molar refractivity (Wildman–Crippen MR) is 51.8 cm³/mol. The van der Waals surface area contributed by atoms with Gasteiger partial charge in [0.25, 0.3) is 6.47 Å². The molecule has 0 radical (unpaired) electrons. The van der Waals surface area contributed by atoms with Crippen LogP contribution in [0.5, 0.6) is 0 Å². The van der Waals surface area contributed by atoms with Crippen LogP contribution in [0.3, 0.4) is 0 Å². The first-order chi connectivity index (χ1) is 6.22. The van der Waals surface area contributed by atoms with Crippen LogP contribution in [-0.2, 0) is 9.53 Å². The number of carbonyl (C=O) groups is 1. The molecular formula is C7H10BrN3O2. The van der Waals surface area contributed by atoms with Crippen LogP contribution in [0.25, 0.3) is 0 Å². The van der Waals surface area contributed by atoms with E-state index >= 15 is 0 Å². The maximum atomic E-state index is 9.18. The lowest BCUT2D eigenvalue weighted by Gasteiger charge is -1.89. The Morgan fingerprint density at radius 1 is 1.62 bits per heavy atom. The fraction of sp³-hybridized carbons (Fsp3) is 0.286. The van der Waals surface area contributed by atoms with E-state index in [9.17, 15) is 4.79 Å². The number of aromatic nitrogens is 2. The molecule has 2 N–H and O–H groups in total. The van der Waals surface area contributed by atoms with E-state index in [-0.39, 0.29) is 0 Å². The molecule has 1 aromatic heterocycles. The van der Waals surface area contributed by atoms with Crippen LogP contribution in [0.15, 0.2) is 17.0 Å². The molecule has 0 amide bonds. The lowest BCUT2D eigenvalue weighted by molar-refractivity contribution is -0.128. The Bertz CT molecular complexity index is 236. The molecule has 0 spiro atoms. The molecule has 6 heteroatoms. The van der Waals surface area contributed by atoms with E-state index in [1.54, 1.807) is 19.3 Å². The van der Waals surface area contributed by atoms with Gasteiger partial charge in [-0.1, -0.05) is 0 Å². The molecule has 0 aliphatic carbocycles. The lowest BCUT2D eigenvalue weighted by atomic mass is 10.7. The molecule has 0 fully saturated rings. The highest BCUT2D eigenvalue weighted by molar-refractivity contribution is 9.10. The van der Waals surface area contributed by atoms with Gasteiger partial charge in [0.1, 0.15) is 4.60 Å². The van der Waals surface area contributed by atoms with E-state index in [0.29, 0.717) is 23.5 Å². The Morgan fingerprint density at radius 2 is 2.23 bits per heavy atom. The van der Waals surface area contributed by atoms with Crippen molar-refractivity contribution in [3.63, 3.8) is 0 Å². The van der Waals surface area contributed by atoms with Gasteiger partial charge in [0.15, 0.2) is 5.82 Å². The fourth-order valence-electron chi connectivity index (χ4n) is 0.400. The lowest BCUT2D eigenvalue weighted by Crippen LogP contribution is -1.91. The third-order valence-corrected chi connectivity index (χ3v) is 1.53. The summed E-state index contributed by atoms with van der Waals surface area (Å²) < 4.78 is 4.75. The van der Waals surface area contributed by atoms with Crippen molar-refractivity contribution in [1.29, 1.82) is 0 Å². The highest BCUT2D eigenvalue weighted by atomic mass is 79.9. The van der Waals surface area contributed by atoms with E-state index in [4.69, 9.17) is 5.73 Å². The number of nitrogens with zero attached hydrogens (tertiary/aromatic N) is 2. The standard InChI is InChI=1S/C4H4BrN3.C3H6O2/c5-3-4(6)8-2-1-7-3;1-2-5-3-4/h1-2H,(H2,6,8);3H,2H2,1H3. The second kappa shape index (κ2) is 7.48. The van der Waals surface area contributed by atoms with Crippen LogP contribution in [0.1, 0.15) is 6.92 Å². The molecule has 0 atom stereocenters. The van der Waals surface area contributed by atoms with Crippen molar-refractivity contribution in [2.75, 3.05) is 12.3 Å². The minimum Gasteiger partial charge on any atom is -0.468 e. The first-order valence-electron chi connectivity index (χ1n) is 3.49. The van der Waals surface area contributed by atoms with Crippen LogP contribution in [-0.4, -0.2) is 23.0 Å². The summed E-state index contributed by atoms with van der Waals surface area (Å²) in [4.78, 5) is 16.7. The normalized spacial score (nSPS) is 8.15. The Hall–Kier alpha value is -1.17. The summed E-state index contributed by atoms with van der Waals surface area (Å²) in [6, 6.07) is 0. The third kappa shape index (κ3) is 6.03. The number of nitrogen functional groups attached to an aromatic ring is 1. The van der Waals surface area contributed by atoms with E-state index in [1.807, 2.05) is 0 Å². The molecule has 0 aliphatic heterocycles. The molecule has 0 saturated heterocycles. The Kier molecular flexibility index (Phi) is 6.80. The van der Waals surface area contributed by atoms with Gasteiger partial charge in [-0.3, -0.25) is 4.79 Å². The van der Waals surface area contributed by atoms with Gasteiger partial charge >= 0.3 is 0 Å². The van der Waals surface area contributed by atoms with E-state index in [0.717, 1.165) is 0 Å². The molecule has 0 unspecified atom stereocenters. The summed E-state index contributed by atoms with van der Waals surface area (Å²) in [6.07, 6.45) is 3.11. The van der Waals surface area contributed by atoms with Crippen LogP contribution < -0.4 is 5.73 Å². The number of hydrogen-bond acceptors (Lipinski definition) is 5. The molecule has 1 rings (SSSR count). The molecule has 1 aromatic rings. The van der Waals surface area contributed by atoms with Crippen molar-refractivity contribution in [3.8, 4) is 0 Å². The van der Waals surface area contributed by atoms with Crippen molar-refractivity contribution in [3.05, 3.63) is 17.0 Å². The Labute approximate surface area is 84.5 Å². The number of anilines is 1. The maximum absolute atomic E-state index is 9.18. The van der Waals surface area contributed by atoms with Crippen molar-refractivity contribution in [1.82, 2.24) is 9.97 Å². The predicted octanol–water partition coefficient (Wildman–Crippen LogP) is 1.00. The minimum absolute atomic E-state index is 0.424. The zero-order valence-electron chi connectivity index (χ0n) is 7.11.